The zero-order chi connectivity index (χ0) is 14.7. The smallest absolute Gasteiger partial charge is 0.241 e. The number of nitrogens with zero attached hydrogens (tertiary/aromatic N) is 6. The molecule has 1 N–H and O–H groups in total. The maximum Gasteiger partial charge on any atom is 0.241 e. The number of piperidine rings is 1. The van der Waals surface area contributed by atoms with Crippen LogP contribution in [0.15, 0.2) is 12.4 Å². The van der Waals surface area contributed by atoms with E-state index < -0.39 is 0 Å². The van der Waals surface area contributed by atoms with E-state index >= 15 is 0 Å². The van der Waals surface area contributed by atoms with Gasteiger partial charge >= 0.3 is 0 Å². The minimum atomic E-state index is 0.594. The number of hydrogen-bond donors (Lipinski definition) is 1. The Labute approximate surface area is 124 Å². The first-order valence-electron chi connectivity index (χ1n) is 7.53. The van der Waals surface area contributed by atoms with Crippen LogP contribution in [0.2, 0.25) is 0 Å². The number of imidazole rings is 1. The van der Waals surface area contributed by atoms with E-state index in [2.05, 4.69) is 37.1 Å². The summed E-state index contributed by atoms with van der Waals surface area (Å²) in [6.07, 6.45) is 8.19. The molecule has 112 valence electrons. The molecule has 1 aliphatic rings. The molecule has 2 aromatic heterocycles. The highest BCUT2D eigenvalue weighted by atomic mass is 15.3. The molecule has 3 heterocycles. The molecule has 0 bridgehead atoms. The summed E-state index contributed by atoms with van der Waals surface area (Å²) in [6.45, 7) is 4.10. The monoisotopic (exact) mass is 287 g/mol. The van der Waals surface area contributed by atoms with Crippen molar-refractivity contribution >= 4 is 11.9 Å². The lowest BCUT2D eigenvalue weighted by molar-refractivity contribution is 0.566. The van der Waals surface area contributed by atoms with Gasteiger partial charge in [0.1, 0.15) is 5.82 Å². The summed E-state index contributed by atoms with van der Waals surface area (Å²) in [6, 6.07) is 0. The van der Waals surface area contributed by atoms with Crippen LogP contribution in [-0.4, -0.2) is 44.6 Å². The third kappa shape index (κ3) is 2.81. The maximum absolute atomic E-state index is 4.64. The Bertz CT molecular complexity index is 601. The second-order valence-corrected chi connectivity index (χ2v) is 5.12. The number of aromatic nitrogens is 5. The second-order valence-electron chi connectivity index (χ2n) is 5.12. The first-order valence-corrected chi connectivity index (χ1v) is 7.53. The van der Waals surface area contributed by atoms with Gasteiger partial charge in [0.05, 0.1) is 0 Å². The van der Waals surface area contributed by atoms with Gasteiger partial charge < -0.3 is 10.2 Å². The van der Waals surface area contributed by atoms with Gasteiger partial charge in [0.2, 0.25) is 17.8 Å². The summed E-state index contributed by atoms with van der Waals surface area (Å²) in [4.78, 5) is 20.2. The van der Waals surface area contributed by atoms with Crippen molar-refractivity contribution in [1.82, 2.24) is 24.5 Å². The lowest BCUT2D eigenvalue weighted by atomic mass is 10.1. The van der Waals surface area contributed by atoms with E-state index in [1.54, 1.807) is 6.20 Å². The molecule has 2 aromatic rings. The number of nitrogens with one attached hydrogen (secondary N) is 1. The molecule has 0 atom stereocenters. The normalized spacial score (nSPS) is 15.2. The Kier molecular flexibility index (Phi) is 3.98. The molecule has 1 saturated heterocycles. The minimum absolute atomic E-state index is 0.594. The van der Waals surface area contributed by atoms with Gasteiger partial charge in [-0.3, -0.25) is 4.57 Å². The average molecular weight is 287 g/mol. The van der Waals surface area contributed by atoms with Gasteiger partial charge in [0, 0.05) is 39.0 Å². The Balaban J connectivity index is 2.00. The van der Waals surface area contributed by atoms with Crippen molar-refractivity contribution in [2.24, 2.45) is 0 Å². The fraction of sp³-hybridized carbons (Fsp3) is 0.571. The molecule has 0 saturated carbocycles. The van der Waals surface area contributed by atoms with Crippen molar-refractivity contribution < 1.29 is 0 Å². The number of rotatable bonds is 4. The fourth-order valence-electron chi connectivity index (χ4n) is 2.59. The maximum atomic E-state index is 4.64. The molecule has 0 aromatic carbocycles. The molecule has 1 fully saturated rings. The van der Waals surface area contributed by atoms with Gasteiger partial charge in [-0.15, -0.1) is 0 Å². The topological polar surface area (TPSA) is 71.8 Å². The van der Waals surface area contributed by atoms with Crippen LogP contribution in [0.3, 0.4) is 0 Å². The van der Waals surface area contributed by atoms with Crippen molar-refractivity contribution in [2.45, 2.75) is 32.6 Å². The van der Waals surface area contributed by atoms with Gasteiger partial charge in [-0.1, -0.05) is 6.92 Å². The van der Waals surface area contributed by atoms with Gasteiger partial charge in [0.25, 0.3) is 0 Å². The van der Waals surface area contributed by atoms with Crippen molar-refractivity contribution in [3.8, 4) is 5.95 Å². The van der Waals surface area contributed by atoms with E-state index in [-0.39, 0.29) is 0 Å². The van der Waals surface area contributed by atoms with Crippen LogP contribution < -0.4 is 10.2 Å². The van der Waals surface area contributed by atoms with Crippen LogP contribution >= 0.6 is 0 Å². The van der Waals surface area contributed by atoms with E-state index in [1.807, 2.05) is 17.8 Å². The summed E-state index contributed by atoms with van der Waals surface area (Å²) in [7, 11) is 1.83. The Morgan fingerprint density at radius 3 is 2.57 bits per heavy atom. The summed E-state index contributed by atoms with van der Waals surface area (Å²) >= 11 is 0. The number of anilines is 2. The number of aryl methyl sites for hydroxylation is 1. The van der Waals surface area contributed by atoms with Gasteiger partial charge in [0.15, 0.2) is 0 Å². The third-order valence-electron chi connectivity index (χ3n) is 3.72. The standard InChI is InChI=1S/C14H21N7/c1-3-11-16-7-10-21(11)14-18-12(15-2)17-13(19-14)20-8-5-4-6-9-20/h7,10H,3-6,8-9H2,1-2H3,(H,15,17,18,19). The molecular weight excluding hydrogens is 266 g/mol. The van der Waals surface area contributed by atoms with Crippen LogP contribution in [0.5, 0.6) is 0 Å². The summed E-state index contributed by atoms with van der Waals surface area (Å²) < 4.78 is 1.93. The molecule has 7 heteroatoms. The van der Waals surface area contributed by atoms with Gasteiger partial charge in [-0.2, -0.15) is 15.0 Å². The number of hydrogen-bond acceptors (Lipinski definition) is 6. The highest BCUT2D eigenvalue weighted by molar-refractivity contribution is 5.40. The average Bonchev–Trinajstić information content (AvgIpc) is 3.04. The van der Waals surface area contributed by atoms with Crippen molar-refractivity contribution in [1.29, 1.82) is 0 Å². The van der Waals surface area contributed by atoms with E-state index in [0.29, 0.717) is 11.9 Å². The van der Waals surface area contributed by atoms with Crippen LogP contribution in [0.4, 0.5) is 11.9 Å². The summed E-state index contributed by atoms with van der Waals surface area (Å²) in [5.41, 5.74) is 0. The van der Waals surface area contributed by atoms with Gasteiger partial charge in [-0.25, -0.2) is 4.98 Å². The van der Waals surface area contributed by atoms with Crippen LogP contribution in [0.25, 0.3) is 5.95 Å². The molecular formula is C14H21N7. The zero-order valence-electron chi connectivity index (χ0n) is 12.6. The SMILES string of the molecule is CCc1nccn1-c1nc(NC)nc(N2CCCCC2)n1. The molecule has 1 aliphatic heterocycles. The fourth-order valence-corrected chi connectivity index (χ4v) is 2.59. The minimum Gasteiger partial charge on any atom is -0.357 e. The van der Waals surface area contributed by atoms with Crippen molar-refractivity contribution in [3.05, 3.63) is 18.2 Å². The van der Waals surface area contributed by atoms with E-state index in [1.165, 1.54) is 19.3 Å². The van der Waals surface area contributed by atoms with Crippen LogP contribution in [0.1, 0.15) is 32.0 Å². The predicted molar refractivity (Wildman–Crippen MR) is 81.9 cm³/mol. The predicted octanol–water partition coefficient (Wildman–Crippen LogP) is 1.65. The van der Waals surface area contributed by atoms with Crippen molar-refractivity contribution in [3.63, 3.8) is 0 Å². The molecule has 0 radical (unpaired) electrons. The summed E-state index contributed by atoms with van der Waals surface area (Å²) in [5, 5.41) is 3.02. The highest BCUT2D eigenvalue weighted by Crippen LogP contribution is 2.18. The Hall–Kier alpha value is -2.18. The molecule has 0 aliphatic carbocycles. The molecule has 7 nitrogen and oxygen atoms in total. The first-order chi connectivity index (χ1) is 10.3. The quantitative estimate of drug-likeness (QED) is 0.922. The first kappa shape index (κ1) is 13.8. The van der Waals surface area contributed by atoms with Crippen LogP contribution in [0, 0.1) is 0 Å². The highest BCUT2D eigenvalue weighted by Gasteiger charge is 2.17. The molecule has 3 rings (SSSR count). The molecule has 0 amide bonds. The Morgan fingerprint density at radius 2 is 1.86 bits per heavy atom. The van der Waals surface area contributed by atoms with E-state index in [0.717, 1.165) is 31.3 Å². The summed E-state index contributed by atoms with van der Waals surface area (Å²) in [5.74, 6) is 2.92. The van der Waals surface area contributed by atoms with Crippen molar-refractivity contribution in [2.75, 3.05) is 30.4 Å². The molecule has 0 unspecified atom stereocenters. The van der Waals surface area contributed by atoms with E-state index in [9.17, 15) is 0 Å². The lowest BCUT2D eigenvalue weighted by Crippen LogP contribution is -2.31. The molecule has 21 heavy (non-hydrogen) atoms. The third-order valence-corrected chi connectivity index (χ3v) is 3.72. The molecule has 0 spiro atoms. The Morgan fingerprint density at radius 1 is 1.10 bits per heavy atom. The van der Waals surface area contributed by atoms with Crippen LogP contribution in [-0.2, 0) is 6.42 Å². The van der Waals surface area contributed by atoms with Gasteiger partial charge in [-0.05, 0) is 19.3 Å². The largest absolute Gasteiger partial charge is 0.357 e. The van der Waals surface area contributed by atoms with E-state index in [4.69, 9.17) is 0 Å². The second kappa shape index (κ2) is 6.07. The lowest BCUT2D eigenvalue weighted by Gasteiger charge is -2.27. The zero-order valence-corrected chi connectivity index (χ0v) is 12.6.